The van der Waals surface area contributed by atoms with Gasteiger partial charge in [-0.3, -0.25) is 4.79 Å². The van der Waals surface area contributed by atoms with E-state index in [0.29, 0.717) is 24.2 Å². The van der Waals surface area contributed by atoms with Crippen LogP contribution in [-0.2, 0) is 0 Å². The van der Waals surface area contributed by atoms with Gasteiger partial charge in [0.25, 0.3) is 5.91 Å². The molecular weight excluding hydrogens is 269 g/mol. The van der Waals surface area contributed by atoms with Crippen LogP contribution in [0.3, 0.4) is 0 Å². The molecule has 2 N–H and O–H groups in total. The van der Waals surface area contributed by atoms with Crippen molar-refractivity contribution in [2.45, 2.75) is 6.92 Å². The number of rotatable bonds is 2. The van der Waals surface area contributed by atoms with Crippen LogP contribution in [0.1, 0.15) is 22.8 Å². The van der Waals surface area contributed by atoms with Gasteiger partial charge in [0, 0.05) is 31.7 Å². The van der Waals surface area contributed by atoms with Gasteiger partial charge in [-0.15, -0.1) is 0 Å². The van der Waals surface area contributed by atoms with Crippen molar-refractivity contribution in [3.8, 4) is 11.8 Å². The number of nitrogens with zero attached hydrogens (tertiary/aromatic N) is 2. The van der Waals surface area contributed by atoms with E-state index in [1.165, 1.54) is 18.2 Å². The zero-order valence-electron chi connectivity index (χ0n) is 12.2. The van der Waals surface area contributed by atoms with Crippen LogP contribution in [0.5, 0.6) is 0 Å². The standard InChI is InChI=1S/C16H20FN3O/c1-2-19-8-10-20(11-9-19)16(21)15-6-5-14(17)12-13(15)4-3-7-18/h5-6,12H,2,7-11,18H2,1H3. The minimum absolute atomic E-state index is 0.0907. The highest BCUT2D eigenvalue weighted by atomic mass is 19.1. The van der Waals surface area contributed by atoms with E-state index in [1.54, 1.807) is 4.90 Å². The predicted molar refractivity (Wildman–Crippen MR) is 80.3 cm³/mol. The number of hydrogen-bond donors (Lipinski definition) is 1. The van der Waals surface area contributed by atoms with Crippen molar-refractivity contribution < 1.29 is 9.18 Å². The summed E-state index contributed by atoms with van der Waals surface area (Å²) < 4.78 is 13.3. The van der Waals surface area contributed by atoms with E-state index in [-0.39, 0.29) is 12.5 Å². The molecule has 0 radical (unpaired) electrons. The summed E-state index contributed by atoms with van der Waals surface area (Å²) >= 11 is 0. The van der Waals surface area contributed by atoms with Crippen LogP contribution in [0.15, 0.2) is 18.2 Å². The molecule has 1 aliphatic heterocycles. The average molecular weight is 289 g/mol. The molecule has 1 amide bonds. The molecule has 1 fully saturated rings. The number of amides is 1. The molecule has 0 atom stereocenters. The van der Waals surface area contributed by atoms with Crippen molar-refractivity contribution in [2.75, 3.05) is 39.3 Å². The molecule has 0 saturated carbocycles. The van der Waals surface area contributed by atoms with Crippen molar-refractivity contribution in [3.05, 3.63) is 35.1 Å². The van der Waals surface area contributed by atoms with Gasteiger partial charge in [0.05, 0.1) is 12.1 Å². The number of carbonyl (C=O) groups is 1. The van der Waals surface area contributed by atoms with E-state index in [9.17, 15) is 9.18 Å². The molecule has 0 spiro atoms. The minimum Gasteiger partial charge on any atom is -0.336 e. The number of benzene rings is 1. The number of carbonyl (C=O) groups excluding carboxylic acids is 1. The molecule has 112 valence electrons. The lowest BCUT2D eigenvalue weighted by Gasteiger charge is -2.34. The number of piperazine rings is 1. The highest BCUT2D eigenvalue weighted by Gasteiger charge is 2.23. The topological polar surface area (TPSA) is 49.6 Å². The quantitative estimate of drug-likeness (QED) is 0.824. The van der Waals surface area contributed by atoms with Gasteiger partial charge in [-0.2, -0.15) is 0 Å². The van der Waals surface area contributed by atoms with E-state index in [1.807, 2.05) is 0 Å². The summed E-state index contributed by atoms with van der Waals surface area (Å²) in [6.07, 6.45) is 0. The van der Waals surface area contributed by atoms with Crippen molar-refractivity contribution >= 4 is 5.91 Å². The van der Waals surface area contributed by atoms with Gasteiger partial charge in [0.2, 0.25) is 0 Å². The average Bonchev–Trinajstić information content (AvgIpc) is 2.52. The molecule has 1 heterocycles. The third-order valence-electron chi connectivity index (χ3n) is 3.64. The van der Waals surface area contributed by atoms with Gasteiger partial charge in [-0.25, -0.2) is 4.39 Å². The first-order chi connectivity index (χ1) is 10.2. The first-order valence-electron chi connectivity index (χ1n) is 7.15. The lowest BCUT2D eigenvalue weighted by atomic mass is 10.1. The summed E-state index contributed by atoms with van der Waals surface area (Å²) in [4.78, 5) is 16.7. The second kappa shape index (κ2) is 7.21. The highest BCUT2D eigenvalue weighted by molar-refractivity contribution is 5.96. The second-order valence-corrected chi connectivity index (χ2v) is 4.92. The number of nitrogens with two attached hydrogens (primary N) is 1. The summed E-state index contributed by atoms with van der Waals surface area (Å²) in [6.45, 7) is 6.39. The van der Waals surface area contributed by atoms with Gasteiger partial charge >= 0.3 is 0 Å². The molecular formula is C16H20FN3O. The van der Waals surface area contributed by atoms with E-state index >= 15 is 0 Å². The molecule has 0 aromatic heterocycles. The zero-order valence-corrected chi connectivity index (χ0v) is 12.2. The Hall–Kier alpha value is -1.90. The molecule has 2 rings (SSSR count). The normalized spacial score (nSPS) is 15.5. The Labute approximate surface area is 124 Å². The molecule has 1 aromatic rings. The summed E-state index contributed by atoms with van der Waals surface area (Å²) in [7, 11) is 0. The van der Waals surface area contributed by atoms with Gasteiger partial charge in [-0.1, -0.05) is 18.8 Å². The van der Waals surface area contributed by atoms with Gasteiger partial charge in [0.1, 0.15) is 5.82 Å². The highest BCUT2D eigenvalue weighted by Crippen LogP contribution is 2.14. The largest absolute Gasteiger partial charge is 0.336 e. The van der Waals surface area contributed by atoms with Crippen LogP contribution < -0.4 is 5.73 Å². The summed E-state index contributed by atoms with van der Waals surface area (Å²) in [6, 6.07) is 4.09. The minimum atomic E-state index is -0.399. The Balaban J connectivity index is 2.19. The number of likely N-dealkylation sites (N-methyl/N-ethyl adjacent to an activating group) is 1. The van der Waals surface area contributed by atoms with E-state index < -0.39 is 5.82 Å². The van der Waals surface area contributed by atoms with Crippen LogP contribution in [0.25, 0.3) is 0 Å². The third kappa shape index (κ3) is 3.81. The smallest absolute Gasteiger partial charge is 0.255 e. The molecule has 0 bridgehead atoms. The summed E-state index contributed by atoms with van der Waals surface area (Å²) in [5, 5.41) is 0. The fourth-order valence-electron chi connectivity index (χ4n) is 2.39. The first kappa shape index (κ1) is 15.5. The van der Waals surface area contributed by atoms with Crippen LogP contribution in [-0.4, -0.2) is 55.0 Å². The Morgan fingerprint density at radius 3 is 2.67 bits per heavy atom. The fourth-order valence-corrected chi connectivity index (χ4v) is 2.39. The molecule has 4 nitrogen and oxygen atoms in total. The summed E-state index contributed by atoms with van der Waals surface area (Å²) in [5.74, 6) is 4.97. The lowest BCUT2D eigenvalue weighted by Crippen LogP contribution is -2.48. The maximum atomic E-state index is 13.3. The van der Waals surface area contributed by atoms with Gasteiger partial charge in [-0.05, 0) is 24.7 Å². The van der Waals surface area contributed by atoms with E-state index in [2.05, 4.69) is 23.7 Å². The third-order valence-corrected chi connectivity index (χ3v) is 3.64. The van der Waals surface area contributed by atoms with Gasteiger partial charge < -0.3 is 15.5 Å². The fraction of sp³-hybridized carbons (Fsp3) is 0.438. The zero-order chi connectivity index (χ0) is 15.2. The van der Waals surface area contributed by atoms with E-state index in [0.717, 1.165) is 19.6 Å². The Morgan fingerprint density at radius 1 is 1.33 bits per heavy atom. The van der Waals surface area contributed by atoms with Crippen molar-refractivity contribution in [1.29, 1.82) is 0 Å². The monoisotopic (exact) mass is 289 g/mol. The number of halogens is 1. The molecule has 5 heteroatoms. The van der Waals surface area contributed by atoms with Crippen molar-refractivity contribution in [1.82, 2.24) is 9.80 Å². The predicted octanol–water partition coefficient (Wildman–Crippen LogP) is 0.914. The van der Waals surface area contributed by atoms with Crippen LogP contribution in [0.4, 0.5) is 4.39 Å². The van der Waals surface area contributed by atoms with Crippen LogP contribution in [0, 0.1) is 17.7 Å². The van der Waals surface area contributed by atoms with Crippen LogP contribution in [0.2, 0.25) is 0 Å². The first-order valence-corrected chi connectivity index (χ1v) is 7.15. The molecule has 1 aliphatic rings. The Kier molecular flexibility index (Phi) is 5.32. The molecule has 0 unspecified atom stereocenters. The maximum Gasteiger partial charge on any atom is 0.255 e. The Morgan fingerprint density at radius 2 is 2.05 bits per heavy atom. The number of hydrogen-bond acceptors (Lipinski definition) is 3. The molecule has 21 heavy (non-hydrogen) atoms. The van der Waals surface area contributed by atoms with E-state index in [4.69, 9.17) is 5.73 Å². The summed E-state index contributed by atoms with van der Waals surface area (Å²) in [5.41, 5.74) is 6.20. The van der Waals surface area contributed by atoms with Crippen molar-refractivity contribution in [3.63, 3.8) is 0 Å². The van der Waals surface area contributed by atoms with Crippen LogP contribution >= 0.6 is 0 Å². The Bertz CT molecular complexity index is 569. The lowest BCUT2D eigenvalue weighted by molar-refractivity contribution is 0.0643. The van der Waals surface area contributed by atoms with Crippen molar-refractivity contribution in [2.24, 2.45) is 5.73 Å². The molecule has 1 saturated heterocycles. The SMILES string of the molecule is CCN1CCN(C(=O)c2ccc(F)cc2C#CCN)CC1. The molecule has 0 aliphatic carbocycles. The molecule has 1 aromatic carbocycles. The second-order valence-electron chi connectivity index (χ2n) is 4.92. The van der Waals surface area contributed by atoms with Gasteiger partial charge in [0.15, 0.2) is 0 Å². The maximum absolute atomic E-state index is 13.3.